The Morgan fingerprint density at radius 1 is 1.11 bits per heavy atom. The Bertz CT molecular complexity index is 981. The number of ketones is 1. The van der Waals surface area contributed by atoms with E-state index in [0.29, 0.717) is 6.04 Å². The maximum Gasteiger partial charge on any atom is 0.204 e. The number of carbonyl (C=O) groups excluding carboxylic acids is 1. The zero-order valence-corrected chi connectivity index (χ0v) is 16.9. The van der Waals surface area contributed by atoms with E-state index in [1.54, 1.807) is 6.92 Å². The normalized spacial score (nSPS) is 15.5. The van der Waals surface area contributed by atoms with Gasteiger partial charge >= 0.3 is 0 Å². The first-order valence-corrected chi connectivity index (χ1v) is 10.4. The number of carbonyl (C=O) groups is 1. The van der Waals surface area contributed by atoms with E-state index >= 15 is 0 Å². The predicted octanol–water partition coefficient (Wildman–Crippen LogP) is 6.05. The second kappa shape index (κ2) is 8.17. The molecule has 0 bridgehead atoms. The minimum Gasteiger partial charge on any atom is -0.352 e. The van der Waals surface area contributed by atoms with Crippen LogP contribution in [0.1, 0.15) is 73.0 Å². The lowest BCUT2D eigenvalue weighted by molar-refractivity contribution is 0.101. The summed E-state index contributed by atoms with van der Waals surface area (Å²) in [5.41, 5.74) is 5.33. The van der Waals surface area contributed by atoms with Crippen molar-refractivity contribution in [2.24, 2.45) is 0 Å². The van der Waals surface area contributed by atoms with Gasteiger partial charge in [0.25, 0.3) is 0 Å². The van der Waals surface area contributed by atoms with Gasteiger partial charge in [-0.25, -0.2) is 4.98 Å². The minimum atomic E-state index is 0.0836. The molecule has 146 valence electrons. The number of nitrogens with one attached hydrogen (secondary N) is 1. The van der Waals surface area contributed by atoms with Crippen molar-refractivity contribution in [2.45, 2.75) is 65.0 Å². The molecule has 0 unspecified atom stereocenters. The number of nitrogens with zero attached hydrogens (tertiary/aromatic N) is 2. The fraction of sp³-hybridized carbons (Fsp3) is 0.417. The molecule has 0 atom stereocenters. The molecule has 1 aliphatic carbocycles. The van der Waals surface area contributed by atoms with Gasteiger partial charge in [-0.2, -0.15) is 0 Å². The maximum atomic E-state index is 11.8. The molecule has 4 rings (SSSR count). The summed E-state index contributed by atoms with van der Waals surface area (Å²) in [6.07, 6.45) is 7.57. The van der Waals surface area contributed by atoms with Crippen LogP contribution in [0.4, 0.5) is 5.95 Å². The molecule has 28 heavy (non-hydrogen) atoms. The Kier molecular flexibility index (Phi) is 5.47. The number of hydrogen-bond donors (Lipinski definition) is 1. The van der Waals surface area contributed by atoms with Crippen molar-refractivity contribution >= 4 is 22.8 Å². The van der Waals surface area contributed by atoms with Crippen molar-refractivity contribution in [3.63, 3.8) is 0 Å². The third-order valence-corrected chi connectivity index (χ3v) is 5.98. The smallest absolute Gasteiger partial charge is 0.204 e. The van der Waals surface area contributed by atoms with E-state index in [-0.39, 0.29) is 5.78 Å². The van der Waals surface area contributed by atoms with Gasteiger partial charge in [-0.1, -0.05) is 49.9 Å². The lowest BCUT2D eigenvalue weighted by atomic mass is 10.1. The zero-order valence-electron chi connectivity index (χ0n) is 16.9. The van der Waals surface area contributed by atoms with Gasteiger partial charge < -0.3 is 9.88 Å². The van der Waals surface area contributed by atoms with E-state index in [2.05, 4.69) is 47.1 Å². The second-order valence-corrected chi connectivity index (χ2v) is 7.99. The monoisotopic (exact) mass is 375 g/mol. The first-order valence-electron chi connectivity index (χ1n) is 10.4. The standard InChI is InChI=1S/C24H29N3O/c1-17-9-7-8-10-20(17)16-25-24-26-22-15-19(18(2)28)13-14-23(22)27(24)21-11-5-3-4-6-12-21/h7-10,13-15,21H,3-6,11-12,16H2,1-2H3,(H,25,26). The molecule has 1 heterocycles. The number of Topliss-reactive ketones (excluding diaryl/α,β-unsaturated/α-hetero) is 1. The molecule has 4 nitrogen and oxygen atoms in total. The molecule has 1 aliphatic rings. The van der Waals surface area contributed by atoms with E-state index in [9.17, 15) is 4.79 Å². The Morgan fingerprint density at radius 2 is 1.86 bits per heavy atom. The molecule has 4 heteroatoms. The molecule has 0 aliphatic heterocycles. The van der Waals surface area contributed by atoms with Crippen molar-refractivity contribution in [3.8, 4) is 0 Å². The fourth-order valence-corrected chi connectivity index (χ4v) is 4.31. The SMILES string of the molecule is CC(=O)c1ccc2c(c1)nc(NCc1ccccc1C)n2C1CCCCCC1. The van der Waals surface area contributed by atoms with Crippen LogP contribution in [0.15, 0.2) is 42.5 Å². The molecule has 1 fully saturated rings. The lowest BCUT2D eigenvalue weighted by Gasteiger charge is -2.21. The van der Waals surface area contributed by atoms with Gasteiger partial charge in [-0.3, -0.25) is 4.79 Å². The topological polar surface area (TPSA) is 46.9 Å². The Balaban J connectivity index is 1.73. The summed E-state index contributed by atoms with van der Waals surface area (Å²) < 4.78 is 2.39. The van der Waals surface area contributed by atoms with Gasteiger partial charge in [-0.15, -0.1) is 0 Å². The molecule has 0 amide bonds. The molecule has 1 aromatic heterocycles. The highest BCUT2D eigenvalue weighted by molar-refractivity contribution is 5.97. The Morgan fingerprint density at radius 3 is 2.57 bits per heavy atom. The van der Waals surface area contributed by atoms with Crippen LogP contribution in [0.5, 0.6) is 0 Å². The number of aryl methyl sites for hydroxylation is 1. The van der Waals surface area contributed by atoms with Crippen LogP contribution in [0.3, 0.4) is 0 Å². The number of imidazole rings is 1. The summed E-state index contributed by atoms with van der Waals surface area (Å²) in [6.45, 7) is 4.51. The van der Waals surface area contributed by atoms with Crippen LogP contribution >= 0.6 is 0 Å². The van der Waals surface area contributed by atoms with E-state index in [4.69, 9.17) is 4.98 Å². The summed E-state index contributed by atoms with van der Waals surface area (Å²) in [5, 5.41) is 3.59. The van der Waals surface area contributed by atoms with Crippen molar-refractivity contribution in [1.82, 2.24) is 9.55 Å². The summed E-state index contributed by atoms with van der Waals surface area (Å²) in [6, 6.07) is 14.9. The van der Waals surface area contributed by atoms with Crippen LogP contribution in [0, 0.1) is 6.92 Å². The molecule has 3 aromatic rings. The number of hydrogen-bond acceptors (Lipinski definition) is 3. The van der Waals surface area contributed by atoms with Crippen LogP contribution in [-0.4, -0.2) is 15.3 Å². The van der Waals surface area contributed by atoms with Gasteiger partial charge in [0.1, 0.15) is 0 Å². The van der Waals surface area contributed by atoms with Gasteiger partial charge in [0, 0.05) is 18.2 Å². The van der Waals surface area contributed by atoms with E-state index in [0.717, 1.165) is 29.1 Å². The highest BCUT2D eigenvalue weighted by atomic mass is 16.1. The Hall–Kier alpha value is -2.62. The molecule has 0 saturated heterocycles. The van der Waals surface area contributed by atoms with Crippen molar-refractivity contribution in [2.75, 3.05) is 5.32 Å². The number of anilines is 1. The quantitative estimate of drug-likeness (QED) is 0.436. The summed E-state index contributed by atoms with van der Waals surface area (Å²) in [7, 11) is 0. The number of aromatic nitrogens is 2. The largest absolute Gasteiger partial charge is 0.352 e. The fourth-order valence-electron chi connectivity index (χ4n) is 4.31. The number of fused-ring (bicyclic) bond motifs is 1. The molecule has 1 N–H and O–H groups in total. The summed E-state index contributed by atoms with van der Waals surface area (Å²) >= 11 is 0. The number of rotatable bonds is 5. The third-order valence-electron chi connectivity index (χ3n) is 5.98. The van der Waals surface area contributed by atoms with Crippen molar-refractivity contribution in [3.05, 3.63) is 59.2 Å². The highest BCUT2D eigenvalue weighted by Crippen LogP contribution is 2.34. The predicted molar refractivity (Wildman–Crippen MR) is 115 cm³/mol. The van der Waals surface area contributed by atoms with Crippen molar-refractivity contribution < 1.29 is 4.79 Å². The Labute approximate surface area is 167 Å². The van der Waals surface area contributed by atoms with Gasteiger partial charge in [0.05, 0.1) is 11.0 Å². The van der Waals surface area contributed by atoms with E-state index in [1.165, 1.54) is 49.7 Å². The molecule has 1 saturated carbocycles. The highest BCUT2D eigenvalue weighted by Gasteiger charge is 2.21. The van der Waals surface area contributed by atoms with Gasteiger partial charge in [0.2, 0.25) is 5.95 Å². The minimum absolute atomic E-state index is 0.0836. The molecular formula is C24H29N3O. The zero-order chi connectivity index (χ0) is 19.5. The first kappa shape index (κ1) is 18.7. The third kappa shape index (κ3) is 3.82. The summed E-state index contributed by atoms with van der Waals surface area (Å²) in [4.78, 5) is 16.7. The molecule has 0 spiro atoms. The second-order valence-electron chi connectivity index (χ2n) is 7.99. The summed E-state index contributed by atoms with van der Waals surface area (Å²) in [5.74, 6) is 1.01. The van der Waals surface area contributed by atoms with E-state index < -0.39 is 0 Å². The van der Waals surface area contributed by atoms with E-state index in [1.807, 2.05) is 12.1 Å². The van der Waals surface area contributed by atoms with Crippen LogP contribution in [0.25, 0.3) is 11.0 Å². The van der Waals surface area contributed by atoms with Gasteiger partial charge in [0.15, 0.2) is 5.78 Å². The number of benzene rings is 2. The van der Waals surface area contributed by atoms with Crippen molar-refractivity contribution in [1.29, 1.82) is 0 Å². The average molecular weight is 376 g/mol. The molecular weight excluding hydrogens is 346 g/mol. The van der Waals surface area contributed by atoms with Crippen LogP contribution in [0.2, 0.25) is 0 Å². The first-order chi connectivity index (χ1) is 13.6. The maximum absolute atomic E-state index is 11.8. The van der Waals surface area contributed by atoms with Crippen LogP contribution in [-0.2, 0) is 6.54 Å². The van der Waals surface area contributed by atoms with Gasteiger partial charge in [-0.05, 0) is 56.0 Å². The molecule has 2 aromatic carbocycles. The molecule has 0 radical (unpaired) electrons. The van der Waals surface area contributed by atoms with Crippen LogP contribution < -0.4 is 5.32 Å². The lowest BCUT2D eigenvalue weighted by Crippen LogP contribution is -2.13. The average Bonchev–Trinajstić information content (AvgIpc) is 2.85.